The zero-order chi connectivity index (χ0) is 19.3. The lowest BCUT2D eigenvalue weighted by atomic mass is 10.0. The number of aromatic nitrogens is 2. The Morgan fingerprint density at radius 2 is 2.00 bits per heavy atom. The molecule has 0 spiro atoms. The van der Waals surface area contributed by atoms with Gasteiger partial charge in [-0.05, 0) is 30.9 Å². The first kappa shape index (κ1) is 22.3. The molecule has 6 nitrogen and oxygen atoms in total. The molecule has 0 bridgehead atoms. The van der Waals surface area contributed by atoms with Crippen molar-refractivity contribution < 1.29 is 27.4 Å². The van der Waals surface area contributed by atoms with Gasteiger partial charge in [0.2, 0.25) is 0 Å². The van der Waals surface area contributed by atoms with Gasteiger partial charge in [-0.1, -0.05) is 0 Å². The monoisotopic (exact) mass is 421 g/mol. The Balaban J connectivity index is 0.00000280. The van der Waals surface area contributed by atoms with Crippen LogP contribution in [0.15, 0.2) is 30.6 Å². The maximum atomic E-state index is 12.6. The minimum atomic E-state index is -4.76. The standard InChI is InChI=1S/C18H22F3N3O3.ClH/c19-18(20,21)27-15-1-2-16(14-10-23-24(11-14)6-5-22)17(9-15)26-12-13-3-7-25-8-4-13;/h1-2,9-11,13H,3-8,12,22H2;1H. The Hall–Kier alpha value is -1.97. The largest absolute Gasteiger partial charge is 0.573 e. The van der Waals surface area contributed by atoms with Crippen molar-refractivity contribution in [2.75, 3.05) is 26.4 Å². The highest BCUT2D eigenvalue weighted by molar-refractivity contribution is 5.85. The summed E-state index contributed by atoms with van der Waals surface area (Å²) in [5, 5.41) is 4.21. The van der Waals surface area contributed by atoms with Gasteiger partial charge < -0.3 is 19.9 Å². The van der Waals surface area contributed by atoms with Crippen molar-refractivity contribution in [1.82, 2.24) is 9.78 Å². The highest BCUT2D eigenvalue weighted by atomic mass is 35.5. The molecule has 0 saturated carbocycles. The van der Waals surface area contributed by atoms with Crippen molar-refractivity contribution in [3.8, 4) is 22.6 Å². The van der Waals surface area contributed by atoms with E-state index in [1.54, 1.807) is 23.1 Å². The summed E-state index contributed by atoms with van der Waals surface area (Å²) in [6.45, 7) is 2.73. The van der Waals surface area contributed by atoms with Gasteiger partial charge in [0.25, 0.3) is 0 Å². The molecule has 0 atom stereocenters. The molecule has 28 heavy (non-hydrogen) atoms. The van der Waals surface area contributed by atoms with E-state index in [1.807, 2.05) is 0 Å². The van der Waals surface area contributed by atoms with Gasteiger partial charge >= 0.3 is 6.36 Å². The van der Waals surface area contributed by atoms with E-state index in [1.165, 1.54) is 12.1 Å². The summed E-state index contributed by atoms with van der Waals surface area (Å²) in [7, 11) is 0. The minimum absolute atomic E-state index is 0. The summed E-state index contributed by atoms with van der Waals surface area (Å²) >= 11 is 0. The van der Waals surface area contributed by atoms with Gasteiger partial charge in [-0.15, -0.1) is 25.6 Å². The lowest BCUT2D eigenvalue weighted by molar-refractivity contribution is -0.274. The lowest BCUT2D eigenvalue weighted by Gasteiger charge is -2.23. The van der Waals surface area contributed by atoms with E-state index < -0.39 is 6.36 Å². The molecule has 156 valence electrons. The van der Waals surface area contributed by atoms with Gasteiger partial charge in [-0.25, -0.2) is 0 Å². The number of hydrogen-bond acceptors (Lipinski definition) is 5. The van der Waals surface area contributed by atoms with Crippen molar-refractivity contribution in [1.29, 1.82) is 0 Å². The summed E-state index contributed by atoms with van der Waals surface area (Å²) in [6, 6.07) is 4.08. The molecule has 3 rings (SSSR count). The summed E-state index contributed by atoms with van der Waals surface area (Å²) in [4.78, 5) is 0. The molecule has 1 saturated heterocycles. The van der Waals surface area contributed by atoms with Crippen LogP contribution in [0.1, 0.15) is 12.8 Å². The van der Waals surface area contributed by atoms with E-state index in [0.717, 1.165) is 18.4 Å². The average molecular weight is 422 g/mol. The highest BCUT2D eigenvalue weighted by Gasteiger charge is 2.31. The number of ether oxygens (including phenoxy) is 3. The van der Waals surface area contributed by atoms with Crippen LogP contribution >= 0.6 is 12.4 Å². The van der Waals surface area contributed by atoms with Crippen molar-refractivity contribution in [2.45, 2.75) is 25.7 Å². The Kier molecular flexibility index (Phi) is 7.97. The molecule has 2 N–H and O–H groups in total. The molecule has 0 unspecified atom stereocenters. The smallest absolute Gasteiger partial charge is 0.493 e. The van der Waals surface area contributed by atoms with Gasteiger partial charge in [0.15, 0.2) is 0 Å². The van der Waals surface area contributed by atoms with Crippen LogP contribution in [-0.2, 0) is 11.3 Å². The Labute approximate surface area is 167 Å². The maximum Gasteiger partial charge on any atom is 0.573 e. The van der Waals surface area contributed by atoms with Crippen LogP contribution in [0, 0.1) is 5.92 Å². The number of nitrogens with zero attached hydrogens (tertiary/aromatic N) is 2. The van der Waals surface area contributed by atoms with Gasteiger partial charge in [-0.3, -0.25) is 4.68 Å². The first-order chi connectivity index (χ1) is 12.9. The van der Waals surface area contributed by atoms with Crippen LogP contribution in [0.5, 0.6) is 11.5 Å². The summed E-state index contributed by atoms with van der Waals surface area (Å²) in [5.41, 5.74) is 6.92. The predicted octanol–water partition coefficient (Wildman–Crippen LogP) is 3.63. The Bertz CT molecular complexity index is 749. The van der Waals surface area contributed by atoms with E-state index in [4.69, 9.17) is 15.2 Å². The number of nitrogens with two attached hydrogens (primary N) is 1. The number of alkyl halides is 3. The summed E-state index contributed by atoms with van der Waals surface area (Å²) < 4.78 is 54.6. The fourth-order valence-electron chi connectivity index (χ4n) is 2.94. The van der Waals surface area contributed by atoms with E-state index in [9.17, 15) is 13.2 Å². The van der Waals surface area contributed by atoms with Gasteiger partial charge in [0, 0.05) is 43.1 Å². The number of rotatable bonds is 7. The molecule has 10 heteroatoms. The predicted molar refractivity (Wildman–Crippen MR) is 99.7 cm³/mol. The number of benzene rings is 1. The first-order valence-electron chi connectivity index (χ1n) is 8.78. The third-order valence-electron chi connectivity index (χ3n) is 4.30. The lowest BCUT2D eigenvalue weighted by Crippen LogP contribution is -2.21. The van der Waals surface area contributed by atoms with Crippen LogP contribution in [0.4, 0.5) is 13.2 Å². The fourth-order valence-corrected chi connectivity index (χ4v) is 2.94. The molecular weight excluding hydrogens is 399 g/mol. The van der Waals surface area contributed by atoms with Gasteiger partial charge in [-0.2, -0.15) is 5.10 Å². The topological polar surface area (TPSA) is 71.5 Å². The van der Waals surface area contributed by atoms with Gasteiger partial charge in [0.05, 0.1) is 19.3 Å². The van der Waals surface area contributed by atoms with E-state index in [2.05, 4.69) is 9.84 Å². The number of hydrogen-bond donors (Lipinski definition) is 1. The van der Waals surface area contributed by atoms with Crippen LogP contribution < -0.4 is 15.2 Å². The molecule has 1 aliphatic rings. The first-order valence-corrected chi connectivity index (χ1v) is 8.78. The third kappa shape index (κ3) is 6.29. The van der Waals surface area contributed by atoms with Crippen molar-refractivity contribution >= 4 is 12.4 Å². The zero-order valence-electron chi connectivity index (χ0n) is 15.2. The zero-order valence-corrected chi connectivity index (χ0v) is 16.0. The van der Waals surface area contributed by atoms with E-state index in [0.29, 0.717) is 50.1 Å². The fraction of sp³-hybridized carbons (Fsp3) is 0.500. The summed E-state index contributed by atoms with van der Waals surface area (Å²) in [5.74, 6) is 0.317. The highest BCUT2D eigenvalue weighted by Crippen LogP contribution is 2.35. The number of halogens is 4. The molecule has 1 aliphatic heterocycles. The van der Waals surface area contributed by atoms with Crippen LogP contribution in [0.3, 0.4) is 0 Å². The SMILES string of the molecule is Cl.NCCn1cc(-c2ccc(OC(F)(F)F)cc2OCC2CCOCC2)cn1. The molecule has 0 amide bonds. The molecule has 2 aromatic rings. The van der Waals surface area contributed by atoms with Crippen molar-refractivity contribution in [3.05, 3.63) is 30.6 Å². The van der Waals surface area contributed by atoms with Crippen molar-refractivity contribution in [3.63, 3.8) is 0 Å². The van der Waals surface area contributed by atoms with E-state index in [-0.39, 0.29) is 18.2 Å². The Morgan fingerprint density at radius 1 is 1.25 bits per heavy atom. The van der Waals surface area contributed by atoms with Crippen LogP contribution in [0.25, 0.3) is 11.1 Å². The molecular formula is C18H23ClF3N3O3. The molecule has 0 aliphatic carbocycles. The van der Waals surface area contributed by atoms with Crippen LogP contribution in [0.2, 0.25) is 0 Å². The molecule has 1 fully saturated rings. The van der Waals surface area contributed by atoms with Gasteiger partial charge in [0.1, 0.15) is 11.5 Å². The molecule has 0 radical (unpaired) electrons. The summed E-state index contributed by atoms with van der Waals surface area (Å²) in [6.07, 6.45) is 0.390. The second kappa shape index (κ2) is 9.99. The second-order valence-corrected chi connectivity index (χ2v) is 6.35. The minimum Gasteiger partial charge on any atom is -0.493 e. The van der Waals surface area contributed by atoms with Crippen molar-refractivity contribution in [2.24, 2.45) is 11.7 Å². The third-order valence-corrected chi connectivity index (χ3v) is 4.30. The molecule has 1 aromatic heterocycles. The van der Waals surface area contributed by atoms with Crippen LogP contribution in [-0.4, -0.2) is 42.5 Å². The Morgan fingerprint density at radius 3 is 2.68 bits per heavy atom. The average Bonchev–Trinajstić information content (AvgIpc) is 3.08. The van der Waals surface area contributed by atoms with E-state index >= 15 is 0 Å². The maximum absolute atomic E-state index is 12.6. The normalized spacial score (nSPS) is 15.1. The molecule has 2 heterocycles. The quantitative estimate of drug-likeness (QED) is 0.739. The second-order valence-electron chi connectivity index (χ2n) is 6.35. The molecule has 1 aromatic carbocycles.